The molecule has 6 nitrogen and oxygen atoms in total. The molecule has 3 rings (SSSR count). The molecule has 0 radical (unpaired) electrons. The van der Waals surface area contributed by atoms with Crippen molar-refractivity contribution in [2.24, 2.45) is 4.99 Å². The second kappa shape index (κ2) is 9.14. The lowest BCUT2D eigenvalue weighted by molar-refractivity contribution is -0.115. The third kappa shape index (κ3) is 4.55. The van der Waals surface area contributed by atoms with Crippen molar-refractivity contribution >= 4 is 34.6 Å². The number of hydrogen-bond acceptors (Lipinski definition) is 6. The molecule has 2 aromatic carbocycles. The molecule has 0 unspecified atom stereocenters. The zero-order valence-corrected chi connectivity index (χ0v) is 16.4. The Balaban J connectivity index is 1.85. The van der Waals surface area contributed by atoms with Gasteiger partial charge in [-0.05, 0) is 36.0 Å². The van der Waals surface area contributed by atoms with Crippen LogP contribution >= 0.6 is 11.8 Å². The molecule has 0 saturated carbocycles. The number of rotatable bonds is 7. The Morgan fingerprint density at radius 1 is 1.14 bits per heavy atom. The largest absolute Gasteiger partial charge is 0.497 e. The van der Waals surface area contributed by atoms with Crippen LogP contribution in [0.2, 0.25) is 0 Å². The van der Waals surface area contributed by atoms with Gasteiger partial charge >= 0.3 is 0 Å². The van der Waals surface area contributed by atoms with Gasteiger partial charge in [0.15, 0.2) is 5.17 Å². The molecule has 1 aliphatic heterocycles. The normalized spacial score (nSPS) is 16.1. The van der Waals surface area contributed by atoms with Gasteiger partial charge in [0.25, 0.3) is 5.91 Å². The molecule has 0 atom stereocenters. The van der Waals surface area contributed by atoms with Crippen LogP contribution in [0.4, 0.5) is 5.69 Å². The Morgan fingerprint density at radius 3 is 2.71 bits per heavy atom. The lowest BCUT2D eigenvalue weighted by Crippen LogP contribution is -2.19. The molecular formula is C21H20N2O4S. The van der Waals surface area contributed by atoms with Crippen molar-refractivity contribution < 1.29 is 19.0 Å². The molecule has 0 aliphatic carbocycles. The third-order valence-corrected chi connectivity index (χ3v) is 4.73. The summed E-state index contributed by atoms with van der Waals surface area (Å²) >= 11 is 1.26. The van der Waals surface area contributed by atoms with Crippen molar-refractivity contribution in [2.45, 2.75) is 0 Å². The molecule has 1 saturated heterocycles. The van der Waals surface area contributed by atoms with Crippen LogP contribution in [0.1, 0.15) is 5.56 Å². The lowest BCUT2D eigenvalue weighted by atomic mass is 10.2. The number of ether oxygens (including phenoxy) is 3. The molecule has 0 bridgehead atoms. The first-order valence-corrected chi connectivity index (χ1v) is 9.30. The van der Waals surface area contributed by atoms with Gasteiger partial charge in [0.05, 0.1) is 19.1 Å². The highest BCUT2D eigenvalue weighted by molar-refractivity contribution is 8.18. The number of nitrogens with one attached hydrogen (secondary N) is 1. The van der Waals surface area contributed by atoms with E-state index in [1.165, 1.54) is 11.8 Å². The lowest BCUT2D eigenvalue weighted by Gasteiger charge is -2.07. The predicted octanol–water partition coefficient (Wildman–Crippen LogP) is 4.16. The van der Waals surface area contributed by atoms with Crippen molar-refractivity contribution in [3.63, 3.8) is 0 Å². The van der Waals surface area contributed by atoms with Crippen molar-refractivity contribution in [1.29, 1.82) is 0 Å². The minimum absolute atomic E-state index is 0.213. The Labute approximate surface area is 167 Å². The average molecular weight is 396 g/mol. The van der Waals surface area contributed by atoms with Crippen LogP contribution < -0.4 is 19.5 Å². The summed E-state index contributed by atoms with van der Waals surface area (Å²) in [5.41, 5.74) is 1.41. The number of nitrogens with zero attached hydrogens (tertiary/aromatic N) is 1. The van der Waals surface area contributed by atoms with Gasteiger partial charge < -0.3 is 19.5 Å². The van der Waals surface area contributed by atoms with Crippen LogP contribution in [0.3, 0.4) is 0 Å². The van der Waals surface area contributed by atoms with E-state index in [2.05, 4.69) is 16.9 Å². The standard InChI is InChI=1S/C21H20N2O4S/c1-4-11-27-17-8-6-5-7-14(17)12-19-20(24)23-21(28-19)22-16-10-9-15(25-2)13-18(16)26-3/h4-10,12-13H,1,11H2,2-3H3,(H,22,23,24). The minimum atomic E-state index is -0.213. The Morgan fingerprint density at radius 2 is 1.96 bits per heavy atom. The smallest absolute Gasteiger partial charge is 0.264 e. The number of carbonyl (C=O) groups excluding carboxylic acids is 1. The predicted molar refractivity (Wildman–Crippen MR) is 112 cm³/mol. The summed E-state index contributed by atoms with van der Waals surface area (Å²) in [6.45, 7) is 4.05. The molecule has 144 valence electrons. The first kappa shape index (κ1) is 19.6. The number of amidine groups is 1. The van der Waals surface area contributed by atoms with Gasteiger partial charge in [-0.25, -0.2) is 4.99 Å². The maximum atomic E-state index is 12.4. The van der Waals surface area contributed by atoms with Crippen LogP contribution in [0.25, 0.3) is 6.08 Å². The molecule has 2 aromatic rings. The third-order valence-electron chi connectivity index (χ3n) is 3.82. The van der Waals surface area contributed by atoms with E-state index in [-0.39, 0.29) is 5.91 Å². The molecule has 1 fully saturated rings. The number of thioether (sulfide) groups is 1. The zero-order valence-electron chi connectivity index (χ0n) is 15.6. The molecule has 7 heteroatoms. The van der Waals surface area contributed by atoms with E-state index in [9.17, 15) is 4.79 Å². The Kier molecular flexibility index (Phi) is 6.39. The second-order valence-corrected chi connectivity index (χ2v) is 6.69. The van der Waals surface area contributed by atoms with Crippen LogP contribution in [-0.2, 0) is 4.79 Å². The van der Waals surface area contributed by atoms with Crippen LogP contribution in [0, 0.1) is 0 Å². The second-order valence-electron chi connectivity index (χ2n) is 5.66. The van der Waals surface area contributed by atoms with E-state index in [1.54, 1.807) is 44.6 Å². The molecule has 1 amide bonds. The fourth-order valence-corrected chi connectivity index (χ4v) is 3.31. The number of carbonyl (C=O) groups is 1. The van der Waals surface area contributed by atoms with E-state index in [0.717, 1.165) is 5.56 Å². The average Bonchev–Trinajstić information content (AvgIpc) is 3.06. The van der Waals surface area contributed by atoms with Crippen molar-refractivity contribution in [1.82, 2.24) is 5.32 Å². The number of para-hydroxylation sites is 1. The number of benzene rings is 2. The highest BCUT2D eigenvalue weighted by atomic mass is 32.2. The first-order valence-electron chi connectivity index (χ1n) is 8.49. The van der Waals surface area contributed by atoms with Crippen LogP contribution in [0.15, 0.2) is 65.0 Å². The summed E-state index contributed by atoms with van der Waals surface area (Å²) in [5, 5.41) is 3.25. The van der Waals surface area contributed by atoms with Gasteiger partial charge in [0.2, 0.25) is 0 Å². The van der Waals surface area contributed by atoms with Gasteiger partial charge in [0, 0.05) is 11.6 Å². The molecule has 0 spiro atoms. The molecule has 28 heavy (non-hydrogen) atoms. The summed E-state index contributed by atoms with van der Waals surface area (Å²) in [5.74, 6) is 1.70. The topological polar surface area (TPSA) is 69.2 Å². The van der Waals surface area contributed by atoms with E-state index in [4.69, 9.17) is 14.2 Å². The molecule has 1 heterocycles. The van der Waals surface area contributed by atoms with Crippen molar-refractivity contribution in [3.05, 3.63) is 65.6 Å². The fraction of sp³-hybridized carbons (Fsp3) is 0.143. The first-order chi connectivity index (χ1) is 13.6. The number of methoxy groups -OCH3 is 2. The number of aliphatic imine (C=N–C) groups is 1. The number of amides is 1. The summed E-state index contributed by atoms with van der Waals surface area (Å²) in [6, 6.07) is 12.8. The van der Waals surface area contributed by atoms with Gasteiger partial charge in [-0.1, -0.05) is 30.9 Å². The Bertz CT molecular complexity index is 953. The minimum Gasteiger partial charge on any atom is -0.497 e. The van der Waals surface area contributed by atoms with Crippen molar-refractivity contribution in [3.8, 4) is 17.2 Å². The monoisotopic (exact) mass is 396 g/mol. The van der Waals surface area contributed by atoms with E-state index in [1.807, 2.05) is 24.3 Å². The van der Waals surface area contributed by atoms with E-state index in [0.29, 0.717) is 39.6 Å². The summed E-state index contributed by atoms with van der Waals surface area (Å²) in [7, 11) is 3.14. The summed E-state index contributed by atoms with van der Waals surface area (Å²) in [4.78, 5) is 17.4. The molecule has 1 N–H and O–H groups in total. The molecular weight excluding hydrogens is 376 g/mol. The summed E-state index contributed by atoms with van der Waals surface area (Å²) in [6.07, 6.45) is 3.46. The van der Waals surface area contributed by atoms with E-state index >= 15 is 0 Å². The highest BCUT2D eigenvalue weighted by Gasteiger charge is 2.24. The quantitative estimate of drug-likeness (QED) is 0.562. The van der Waals surface area contributed by atoms with E-state index < -0.39 is 0 Å². The van der Waals surface area contributed by atoms with Crippen molar-refractivity contribution in [2.75, 3.05) is 20.8 Å². The Hall–Kier alpha value is -3.19. The van der Waals surface area contributed by atoms with Gasteiger partial charge in [-0.15, -0.1) is 0 Å². The molecule has 0 aromatic heterocycles. The van der Waals surface area contributed by atoms with Crippen LogP contribution in [-0.4, -0.2) is 31.9 Å². The van der Waals surface area contributed by atoms with Gasteiger partial charge in [-0.2, -0.15) is 0 Å². The fourth-order valence-electron chi connectivity index (χ4n) is 2.49. The maximum Gasteiger partial charge on any atom is 0.264 e. The molecule has 1 aliphatic rings. The summed E-state index contributed by atoms with van der Waals surface area (Å²) < 4.78 is 16.2. The SMILES string of the molecule is C=CCOc1ccccc1C=C1SC(=Nc2ccc(OC)cc2OC)NC1=O. The number of hydrogen-bond donors (Lipinski definition) is 1. The van der Waals surface area contributed by atoms with Gasteiger partial charge in [0.1, 0.15) is 29.5 Å². The van der Waals surface area contributed by atoms with Crippen LogP contribution in [0.5, 0.6) is 17.2 Å². The maximum absolute atomic E-state index is 12.4. The highest BCUT2D eigenvalue weighted by Crippen LogP contribution is 2.35. The zero-order chi connectivity index (χ0) is 19.9. The van der Waals surface area contributed by atoms with Gasteiger partial charge in [-0.3, -0.25) is 4.79 Å².